The maximum Gasteiger partial charge on any atom is 0.167 e. The molecule has 68 heavy (non-hydrogen) atoms. The Morgan fingerprint density at radius 3 is 1.34 bits per heavy atom. The molecule has 0 radical (unpaired) electrons. The second-order valence-electron chi connectivity index (χ2n) is 20.7. The van der Waals surface area contributed by atoms with Crippen LogP contribution in [0, 0.1) is 49.2 Å². The highest BCUT2D eigenvalue weighted by molar-refractivity contribution is 6.00. The van der Waals surface area contributed by atoms with E-state index in [4.69, 9.17) is 0 Å². The third-order valence-corrected chi connectivity index (χ3v) is 14.1. The lowest BCUT2D eigenvalue weighted by Gasteiger charge is -2.41. The molecular weight excluding hydrogens is 867 g/mol. The van der Waals surface area contributed by atoms with Crippen molar-refractivity contribution in [3.05, 3.63) is 130 Å². The Labute approximate surface area is 401 Å². The Kier molecular flexibility index (Phi) is 17.9. The number of carbonyl (C=O) groups excluding carboxylic acids is 3. The average Bonchev–Trinajstić information content (AvgIpc) is 3.31. The average molecular weight is 939 g/mol. The van der Waals surface area contributed by atoms with Crippen LogP contribution in [0.4, 0.5) is 8.78 Å². The molecule has 0 aliphatic carbocycles. The van der Waals surface area contributed by atoms with E-state index in [9.17, 15) is 38.8 Å². The number of piperidine rings is 2. The van der Waals surface area contributed by atoms with Crippen molar-refractivity contribution in [1.82, 2.24) is 20.4 Å². The van der Waals surface area contributed by atoms with Gasteiger partial charge in [0.25, 0.3) is 0 Å². The summed E-state index contributed by atoms with van der Waals surface area (Å²) in [6, 6.07) is 22.0. The lowest BCUT2D eigenvalue weighted by Crippen LogP contribution is -2.51. The minimum atomic E-state index is -0.644. The molecule has 4 aromatic rings. The molecule has 368 valence electrons. The third kappa shape index (κ3) is 13.7. The zero-order valence-electron chi connectivity index (χ0n) is 40.6. The summed E-state index contributed by atoms with van der Waals surface area (Å²) in [7, 11) is 0. The minimum absolute atomic E-state index is 0.0129. The summed E-state index contributed by atoms with van der Waals surface area (Å²) in [5.41, 5.74) is 2.11. The number of carbonyl (C=O) groups is 3. The van der Waals surface area contributed by atoms with Crippen molar-refractivity contribution >= 4 is 17.3 Å². The van der Waals surface area contributed by atoms with Crippen LogP contribution in [0.2, 0.25) is 0 Å². The maximum atomic E-state index is 15.1. The van der Waals surface area contributed by atoms with E-state index < -0.39 is 34.7 Å². The number of rotatable bonds is 22. The van der Waals surface area contributed by atoms with E-state index >= 15 is 4.79 Å². The van der Waals surface area contributed by atoms with Gasteiger partial charge >= 0.3 is 0 Å². The number of hydrogen-bond donors (Lipinski definition) is 6. The smallest absolute Gasteiger partial charge is 0.167 e. The predicted molar refractivity (Wildman–Crippen MR) is 261 cm³/mol. The quantitative estimate of drug-likeness (QED) is 0.0421. The van der Waals surface area contributed by atoms with Crippen LogP contribution < -0.4 is 10.6 Å². The van der Waals surface area contributed by atoms with Gasteiger partial charge in [-0.25, -0.2) is 8.78 Å². The van der Waals surface area contributed by atoms with Crippen LogP contribution in [0.1, 0.15) is 121 Å². The van der Waals surface area contributed by atoms with Gasteiger partial charge in [-0.15, -0.1) is 0 Å². The van der Waals surface area contributed by atoms with Crippen molar-refractivity contribution in [3.63, 3.8) is 0 Å². The van der Waals surface area contributed by atoms with E-state index in [1.807, 2.05) is 39.8 Å². The lowest BCUT2D eigenvalue weighted by atomic mass is 9.75. The molecule has 2 aliphatic rings. The van der Waals surface area contributed by atoms with Crippen molar-refractivity contribution < 1.29 is 43.6 Å². The van der Waals surface area contributed by atoms with Gasteiger partial charge in [0, 0.05) is 84.1 Å². The lowest BCUT2D eigenvalue weighted by molar-refractivity contribution is -0.131. The highest BCUT2D eigenvalue weighted by Gasteiger charge is 2.42. The summed E-state index contributed by atoms with van der Waals surface area (Å²) < 4.78 is 29.7. The van der Waals surface area contributed by atoms with E-state index in [2.05, 4.69) is 20.4 Å². The Morgan fingerprint density at radius 2 is 0.971 bits per heavy atom. The molecule has 13 heteroatoms. The van der Waals surface area contributed by atoms with Gasteiger partial charge in [0.1, 0.15) is 28.9 Å². The molecule has 2 fully saturated rings. The van der Waals surface area contributed by atoms with E-state index in [0.717, 1.165) is 11.1 Å². The number of likely N-dealkylation sites (tertiary alicyclic amines) is 2. The highest BCUT2D eigenvalue weighted by Crippen LogP contribution is 2.35. The number of aliphatic hydroxyl groups is 2. The van der Waals surface area contributed by atoms with Crippen molar-refractivity contribution in [2.45, 2.75) is 103 Å². The first-order valence-electron chi connectivity index (χ1n) is 24.2. The first-order valence-corrected chi connectivity index (χ1v) is 24.2. The molecule has 6 atom stereocenters. The number of hydrogen-bond acceptors (Lipinski definition) is 11. The molecule has 6 rings (SSSR count). The topological polar surface area (TPSA) is 163 Å². The molecule has 4 aromatic carbocycles. The Hall–Kier alpha value is -4.89. The number of nitrogens with one attached hydrogen (secondary N) is 2. The zero-order valence-corrected chi connectivity index (χ0v) is 40.6. The highest BCUT2D eigenvalue weighted by atomic mass is 19.1. The van der Waals surface area contributed by atoms with Crippen LogP contribution in [0.25, 0.3) is 0 Å². The van der Waals surface area contributed by atoms with Gasteiger partial charge in [-0.3, -0.25) is 14.4 Å². The summed E-state index contributed by atoms with van der Waals surface area (Å²) in [5, 5.41) is 48.0. The van der Waals surface area contributed by atoms with Gasteiger partial charge in [-0.2, -0.15) is 0 Å². The fourth-order valence-corrected chi connectivity index (χ4v) is 10.3. The molecule has 0 bridgehead atoms. The van der Waals surface area contributed by atoms with Crippen LogP contribution >= 0.6 is 0 Å². The van der Waals surface area contributed by atoms with Crippen LogP contribution in [0.5, 0.6) is 11.5 Å². The summed E-state index contributed by atoms with van der Waals surface area (Å²) >= 11 is 0. The molecule has 2 heterocycles. The van der Waals surface area contributed by atoms with Gasteiger partial charge in [0.2, 0.25) is 0 Å². The normalized spacial score (nSPS) is 20.5. The molecule has 2 aliphatic heterocycles. The fraction of sp³-hybridized carbons (Fsp3) is 0.509. The second kappa shape index (κ2) is 23.1. The van der Waals surface area contributed by atoms with Crippen LogP contribution in [-0.4, -0.2) is 111 Å². The van der Waals surface area contributed by atoms with E-state index in [1.54, 1.807) is 50.2 Å². The van der Waals surface area contributed by atoms with E-state index in [-0.39, 0.29) is 65.8 Å². The number of nitrogens with zero attached hydrogens (tertiary/aromatic N) is 2. The number of ketones is 3. The predicted octanol–water partition coefficient (Wildman–Crippen LogP) is 8.27. The molecule has 11 nitrogen and oxygen atoms in total. The van der Waals surface area contributed by atoms with Gasteiger partial charge in [0.05, 0.1) is 13.2 Å². The molecular formula is C55H72F2N4O7. The van der Waals surface area contributed by atoms with E-state index in [1.165, 1.54) is 36.4 Å². The van der Waals surface area contributed by atoms with Crippen molar-refractivity contribution in [1.29, 1.82) is 0 Å². The molecule has 0 spiro atoms. The van der Waals surface area contributed by atoms with Crippen LogP contribution in [0.3, 0.4) is 0 Å². The summed E-state index contributed by atoms with van der Waals surface area (Å²) in [5.74, 6) is -3.16. The Balaban J connectivity index is 1.24. The standard InChI is InChI=1S/C55H72F2N4O7/c1-35-45(17-9-19-47(35)56)49(58-54(3,4)33-62)21-11-23-60-29-39(51(66)37-13-7-15-43(64)27-37)25-41(31-60)53(68)42-26-40(52(67)38-14-8-16-44(65)28-38)30-61(32-42)24-12-22-50(59-55(5,6)34-63)46-18-10-20-48(57)36(46)2/h7-10,13-20,27-28,39-42,49-50,58-59,62-65H,11-12,21-26,29-34H2,1-6H3/t39?,40?,41?,42?,49-,50-/m1/s1. The van der Waals surface area contributed by atoms with Crippen molar-refractivity contribution in [2.24, 2.45) is 23.7 Å². The number of aliphatic hydroxyl groups excluding tert-OH is 2. The second-order valence-corrected chi connectivity index (χ2v) is 20.7. The van der Waals surface area contributed by atoms with Crippen molar-refractivity contribution in [2.75, 3.05) is 52.5 Å². The fourth-order valence-electron chi connectivity index (χ4n) is 10.3. The van der Waals surface area contributed by atoms with Crippen LogP contribution in [0.15, 0.2) is 84.9 Å². The van der Waals surface area contributed by atoms with Gasteiger partial charge < -0.3 is 40.9 Å². The number of benzene rings is 4. The Morgan fingerprint density at radius 1 is 0.603 bits per heavy atom. The Bertz CT molecular complexity index is 2210. The third-order valence-electron chi connectivity index (χ3n) is 14.1. The summed E-state index contributed by atoms with van der Waals surface area (Å²) in [4.78, 5) is 47.9. The van der Waals surface area contributed by atoms with Gasteiger partial charge in [0.15, 0.2) is 11.6 Å². The number of phenolic OH excluding ortho intramolecular Hbond substituents is 2. The first kappa shape index (κ1) is 52.5. The molecule has 6 N–H and O–H groups in total. The molecule has 0 saturated carbocycles. The monoisotopic (exact) mass is 939 g/mol. The maximum absolute atomic E-state index is 15.1. The largest absolute Gasteiger partial charge is 0.508 e. The SMILES string of the molecule is Cc1c(F)cccc1[C@@H](CCCN1CC(C(=O)c2cccc(O)c2)CC(C(=O)C2CC(C(=O)c3cccc(O)c3)CN(CCC[C@@H](NC(C)(C)CO)c3cccc(F)c3C)C2)C1)NC(C)(C)CO. The summed E-state index contributed by atoms with van der Waals surface area (Å²) in [6.45, 7) is 13.5. The molecule has 0 amide bonds. The van der Waals surface area contributed by atoms with Gasteiger partial charge in [-0.1, -0.05) is 48.5 Å². The molecule has 2 saturated heterocycles. The zero-order chi connectivity index (χ0) is 49.3. The minimum Gasteiger partial charge on any atom is -0.508 e. The first-order chi connectivity index (χ1) is 32.3. The number of Topliss-reactive ketones (excluding diaryl/α,β-unsaturated/α-hetero) is 3. The van der Waals surface area contributed by atoms with Crippen LogP contribution in [-0.2, 0) is 4.79 Å². The molecule has 4 unspecified atom stereocenters. The molecule has 0 aromatic heterocycles. The van der Waals surface area contributed by atoms with E-state index in [0.29, 0.717) is 100 Å². The number of phenols is 2. The number of aromatic hydroxyl groups is 2. The summed E-state index contributed by atoms with van der Waals surface area (Å²) in [6.07, 6.45) is 3.09. The number of halogens is 2. The van der Waals surface area contributed by atoms with Crippen molar-refractivity contribution in [3.8, 4) is 11.5 Å². The van der Waals surface area contributed by atoms with Gasteiger partial charge in [-0.05, 0) is 152 Å².